The van der Waals surface area contributed by atoms with Crippen LogP contribution in [0.2, 0.25) is 0 Å². The lowest BCUT2D eigenvalue weighted by molar-refractivity contribution is -0.00190. The summed E-state index contributed by atoms with van der Waals surface area (Å²) >= 11 is 0. The Morgan fingerprint density at radius 3 is 2.93 bits per heavy atom. The van der Waals surface area contributed by atoms with Crippen molar-refractivity contribution in [3.8, 4) is 0 Å². The second-order valence-corrected chi connectivity index (χ2v) is 3.57. The lowest BCUT2D eigenvalue weighted by Crippen LogP contribution is -2.11. The summed E-state index contributed by atoms with van der Waals surface area (Å²) < 4.78 is 11.0. The highest BCUT2D eigenvalue weighted by Crippen LogP contribution is 2.28. The van der Waals surface area contributed by atoms with Crippen LogP contribution in [0.3, 0.4) is 0 Å². The van der Waals surface area contributed by atoms with Crippen LogP contribution >= 0.6 is 0 Å². The highest BCUT2D eigenvalue weighted by molar-refractivity contribution is 5.08. The second kappa shape index (κ2) is 4.11. The van der Waals surface area contributed by atoms with Gasteiger partial charge in [0, 0.05) is 6.61 Å². The average molecular weight is 197 g/mol. The first-order valence-electron chi connectivity index (χ1n) is 5.00. The van der Waals surface area contributed by atoms with Gasteiger partial charge in [0.05, 0.1) is 6.61 Å². The van der Waals surface area contributed by atoms with Crippen LogP contribution < -0.4 is 0 Å². The Labute approximate surface area is 82.9 Å². The maximum atomic E-state index is 8.97. The molecular weight excluding hydrogens is 182 g/mol. The molecule has 0 aliphatic carbocycles. The van der Waals surface area contributed by atoms with Crippen molar-refractivity contribution in [1.82, 2.24) is 4.98 Å². The third kappa shape index (κ3) is 1.81. The van der Waals surface area contributed by atoms with E-state index in [-0.39, 0.29) is 12.7 Å². The standard InChI is InChI=1S/C10H15NO3/c1-7-8(6-12)11-10(14-7)9-4-2-3-5-13-9/h9,12H,2-6H2,1H3. The summed E-state index contributed by atoms with van der Waals surface area (Å²) in [5.74, 6) is 1.31. The molecule has 1 aliphatic heterocycles. The van der Waals surface area contributed by atoms with Gasteiger partial charge in [-0.1, -0.05) is 0 Å². The Balaban J connectivity index is 2.14. The predicted molar refractivity (Wildman–Crippen MR) is 49.7 cm³/mol. The number of nitrogens with zero attached hydrogens (tertiary/aromatic N) is 1. The minimum Gasteiger partial charge on any atom is -0.443 e. The Bertz CT molecular complexity index is 302. The number of aryl methyl sites for hydroxylation is 1. The molecule has 2 rings (SSSR count). The topological polar surface area (TPSA) is 55.5 Å². The first-order valence-corrected chi connectivity index (χ1v) is 5.00. The van der Waals surface area contributed by atoms with Gasteiger partial charge in [0.25, 0.3) is 0 Å². The van der Waals surface area contributed by atoms with E-state index in [0.29, 0.717) is 17.3 Å². The molecule has 0 saturated carbocycles. The number of aliphatic hydroxyl groups excluding tert-OH is 1. The van der Waals surface area contributed by atoms with E-state index in [1.807, 2.05) is 6.92 Å². The number of ether oxygens (including phenoxy) is 1. The number of aliphatic hydroxyl groups is 1. The molecule has 0 aromatic carbocycles. The van der Waals surface area contributed by atoms with E-state index >= 15 is 0 Å². The van der Waals surface area contributed by atoms with Crippen LogP contribution in [-0.2, 0) is 11.3 Å². The molecule has 4 heteroatoms. The molecule has 1 aliphatic rings. The fourth-order valence-corrected chi connectivity index (χ4v) is 1.67. The third-order valence-electron chi connectivity index (χ3n) is 2.51. The summed E-state index contributed by atoms with van der Waals surface area (Å²) in [6.45, 7) is 2.52. The highest BCUT2D eigenvalue weighted by Gasteiger charge is 2.22. The van der Waals surface area contributed by atoms with E-state index in [1.165, 1.54) is 0 Å². The quantitative estimate of drug-likeness (QED) is 0.784. The van der Waals surface area contributed by atoms with Crippen molar-refractivity contribution in [3.05, 3.63) is 17.3 Å². The number of rotatable bonds is 2. The van der Waals surface area contributed by atoms with E-state index < -0.39 is 0 Å². The van der Waals surface area contributed by atoms with E-state index in [9.17, 15) is 0 Å². The molecule has 0 amide bonds. The smallest absolute Gasteiger partial charge is 0.223 e. The highest BCUT2D eigenvalue weighted by atomic mass is 16.5. The third-order valence-corrected chi connectivity index (χ3v) is 2.51. The fourth-order valence-electron chi connectivity index (χ4n) is 1.67. The zero-order valence-corrected chi connectivity index (χ0v) is 8.32. The molecule has 1 saturated heterocycles. The van der Waals surface area contributed by atoms with Crippen LogP contribution in [0.15, 0.2) is 4.42 Å². The maximum Gasteiger partial charge on any atom is 0.223 e. The van der Waals surface area contributed by atoms with Gasteiger partial charge in [-0.25, -0.2) is 4.98 Å². The van der Waals surface area contributed by atoms with E-state index in [2.05, 4.69) is 4.98 Å². The van der Waals surface area contributed by atoms with Crippen molar-refractivity contribution in [2.45, 2.75) is 38.9 Å². The lowest BCUT2D eigenvalue weighted by atomic mass is 10.1. The Morgan fingerprint density at radius 1 is 1.50 bits per heavy atom. The van der Waals surface area contributed by atoms with Gasteiger partial charge < -0.3 is 14.3 Å². The van der Waals surface area contributed by atoms with Crippen molar-refractivity contribution in [1.29, 1.82) is 0 Å². The van der Waals surface area contributed by atoms with Crippen molar-refractivity contribution < 1.29 is 14.3 Å². The zero-order valence-electron chi connectivity index (χ0n) is 8.32. The second-order valence-electron chi connectivity index (χ2n) is 3.57. The number of hydrogen-bond acceptors (Lipinski definition) is 4. The van der Waals surface area contributed by atoms with Crippen LogP contribution in [0, 0.1) is 6.92 Å². The summed E-state index contributed by atoms with van der Waals surface area (Å²) in [5, 5.41) is 8.97. The monoisotopic (exact) mass is 197 g/mol. The number of oxazole rings is 1. The molecule has 1 N–H and O–H groups in total. The van der Waals surface area contributed by atoms with Gasteiger partial charge in [-0.15, -0.1) is 0 Å². The molecule has 1 unspecified atom stereocenters. The normalized spacial score (nSPS) is 22.6. The molecule has 78 valence electrons. The van der Waals surface area contributed by atoms with Crippen molar-refractivity contribution in [2.24, 2.45) is 0 Å². The van der Waals surface area contributed by atoms with E-state index in [0.717, 1.165) is 25.9 Å². The fraction of sp³-hybridized carbons (Fsp3) is 0.700. The summed E-state index contributed by atoms with van der Waals surface area (Å²) in [5.41, 5.74) is 0.620. The Kier molecular flexibility index (Phi) is 2.84. The molecule has 0 spiro atoms. The van der Waals surface area contributed by atoms with E-state index in [4.69, 9.17) is 14.3 Å². The molecule has 4 nitrogen and oxygen atoms in total. The summed E-state index contributed by atoms with van der Waals surface area (Å²) in [7, 11) is 0. The van der Waals surface area contributed by atoms with E-state index in [1.54, 1.807) is 0 Å². The largest absolute Gasteiger partial charge is 0.443 e. The van der Waals surface area contributed by atoms with Gasteiger partial charge in [-0.3, -0.25) is 0 Å². The van der Waals surface area contributed by atoms with Crippen molar-refractivity contribution in [2.75, 3.05) is 6.61 Å². The van der Waals surface area contributed by atoms with Crippen LogP contribution in [0.5, 0.6) is 0 Å². The van der Waals surface area contributed by atoms with Gasteiger partial charge in [0.2, 0.25) is 5.89 Å². The Morgan fingerprint density at radius 2 is 2.36 bits per heavy atom. The molecule has 1 atom stereocenters. The summed E-state index contributed by atoms with van der Waals surface area (Å²) in [6.07, 6.45) is 3.22. The number of hydrogen-bond donors (Lipinski definition) is 1. The van der Waals surface area contributed by atoms with Gasteiger partial charge in [-0.05, 0) is 26.2 Å². The van der Waals surface area contributed by atoms with Crippen LogP contribution in [0.1, 0.15) is 42.7 Å². The SMILES string of the molecule is Cc1oc(C2CCCCO2)nc1CO. The molecule has 0 radical (unpaired) electrons. The molecular formula is C10H15NO3. The predicted octanol–water partition coefficient (Wildman–Crippen LogP) is 1.72. The maximum absolute atomic E-state index is 8.97. The molecule has 1 fully saturated rings. The van der Waals surface area contributed by atoms with Crippen molar-refractivity contribution >= 4 is 0 Å². The molecule has 0 bridgehead atoms. The van der Waals surface area contributed by atoms with Crippen LogP contribution in [0.4, 0.5) is 0 Å². The average Bonchev–Trinajstić information content (AvgIpc) is 2.61. The molecule has 2 heterocycles. The Hall–Kier alpha value is -0.870. The minimum atomic E-state index is -0.0674. The molecule has 1 aromatic heterocycles. The first kappa shape index (κ1) is 9.68. The van der Waals surface area contributed by atoms with Gasteiger partial charge in [0.15, 0.2) is 0 Å². The van der Waals surface area contributed by atoms with Crippen LogP contribution in [0.25, 0.3) is 0 Å². The van der Waals surface area contributed by atoms with Gasteiger partial charge in [-0.2, -0.15) is 0 Å². The van der Waals surface area contributed by atoms with Crippen molar-refractivity contribution in [3.63, 3.8) is 0 Å². The number of aromatic nitrogens is 1. The minimum absolute atomic E-state index is 0.0113. The van der Waals surface area contributed by atoms with Gasteiger partial charge >= 0.3 is 0 Å². The van der Waals surface area contributed by atoms with Crippen LogP contribution in [-0.4, -0.2) is 16.7 Å². The summed E-state index contributed by atoms with van der Waals surface area (Å²) in [6, 6.07) is 0. The lowest BCUT2D eigenvalue weighted by Gasteiger charge is -2.19. The van der Waals surface area contributed by atoms with Gasteiger partial charge in [0.1, 0.15) is 17.6 Å². The summed E-state index contributed by atoms with van der Waals surface area (Å²) in [4.78, 5) is 4.21. The zero-order chi connectivity index (χ0) is 9.97. The molecule has 1 aromatic rings. The molecule has 14 heavy (non-hydrogen) atoms. The first-order chi connectivity index (χ1) is 6.81.